The Labute approximate surface area is 250 Å². The Balaban J connectivity index is 1.07. The minimum absolute atomic E-state index is 0.0309. The first kappa shape index (κ1) is 27.8. The third-order valence-electron chi connectivity index (χ3n) is 11.1. The van der Waals surface area contributed by atoms with Crippen molar-refractivity contribution < 1.29 is 14.3 Å². The number of rotatable bonds is 5. The number of likely N-dealkylation sites (tertiary alicyclic amines) is 2. The van der Waals surface area contributed by atoms with E-state index in [1.165, 1.54) is 47.1 Å². The number of aryl methyl sites for hydroxylation is 2. The van der Waals surface area contributed by atoms with E-state index < -0.39 is 0 Å². The Morgan fingerprint density at radius 2 is 1.48 bits per heavy atom. The Hall–Kier alpha value is -2.99. The van der Waals surface area contributed by atoms with Crippen molar-refractivity contribution in [1.29, 1.82) is 0 Å². The molecule has 2 aliphatic heterocycles. The third kappa shape index (κ3) is 5.21. The van der Waals surface area contributed by atoms with Crippen LogP contribution in [0.5, 0.6) is 5.75 Å². The minimum Gasteiger partial charge on any atom is -0.497 e. The van der Waals surface area contributed by atoms with Crippen molar-refractivity contribution in [2.24, 2.45) is 23.7 Å². The van der Waals surface area contributed by atoms with Gasteiger partial charge in [0.05, 0.1) is 24.6 Å². The van der Waals surface area contributed by atoms with Crippen LogP contribution in [0.3, 0.4) is 0 Å². The van der Waals surface area contributed by atoms with E-state index in [-0.39, 0.29) is 23.7 Å². The molecule has 5 aliphatic rings. The SMILES string of the molecule is COc1ccc2c(c1)CCc1cccnc1C2=C1CCN(C[C@H]2CCCC[C@@H]2CN2C(=O)C3CCCCC3C2=O)CC1. The van der Waals surface area contributed by atoms with Crippen molar-refractivity contribution in [3.8, 4) is 5.75 Å². The number of carbonyl (C=O) groups is 2. The summed E-state index contributed by atoms with van der Waals surface area (Å²) in [5.74, 6) is 2.13. The maximum absolute atomic E-state index is 13.2. The molecule has 2 amide bonds. The maximum Gasteiger partial charge on any atom is 0.233 e. The standard InChI is InChI=1S/C36H45N3O3/c1-42-29-14-15-30-26(21-29)13-12-25-9-6-18-37-34(25)33(30)24-16-19-38(20-17-24)22-27-7-2-3-8-28(27)23-39-35(40)31-10-4-5-11-32(31)36(39)41/h6,9,14-15,18,21,27-28,31-32H,2-5,7-8,10-13,16-17,19-20,22-23H2,1H3/t27-,28-,31?,32?/m1/s1. The van der Waals surface area contributed by atoms with E-state index in [1.54, 1.807) is 12.0 Å². The Kier molecular flexibility index (Phi) is 7.91. The molecule has 42 heavy (non-hydrogen) atoms. The van der Waals surface area contributed by atoms with Crippen LogP contribution in [0.15, 0.2) is 42.1 Å². The van der Waals surface area contributed by atoms with Crippen molar-refractivity contribution in [1.82, 2.24) is 14.8 Å². The summed E-state index contributed by atoms with van der Waals surface area (Å²) in [6.45, 7) is 3.85. The van der Waals surface area contributed by atoms with Crippen LogP contribution in [0.25, 0.3) is 5.57 Å². The van der Waals surface area contributed by atoms with Gasteiger partial charge in [0.1, 0.15) is 5.75 Å². The molecule has 6 heteroatoms. The van der Waals surface area contributed by atoms with E-state index in [9.17, 15) is 9.59 Å². The molecule has 4 atom stereocenters. The highest BCUT2D eigenvalue weighted by molar-refractivity contribution is 6.05. The van der Waals surface area contributed by atoms with E-state index in [0.717, 1.165) is 88.9 Å². The van der Waals surface area contributed by atoms with Crippen molar-refractivity contribution in [2.45, 2.75) is 77.0 Å². The average Bonchev–Trinajstić information content (AvgIpc) is 3.17. The van der Waals surface area contributed by atoms with Gasteiger partial charge in [-0.3, -0.25) is 19.5 Å². The topological polar surface area (TPSA) is 62.7 Å². The summed E-state index contributed by atoms with van der Waals surface area (Å²) in [7, 11) is 1.74. The number of hydrogen-bond acceptors (Lipinski definition) is 5. The third-order valence-corrected chi connectivity index (χ3v) is 11.1. The first-order valence-electron chi connectivity index (χ1n) is 16.5. The molecule has 3 aliphatic carbocycles. The van der Waals surface area contributed by atoms with Crippen LogP contribution in [-0.2, 0) is 22.4 Å². The fraction of sp³-hybridized carbons (Fsp3) is 0.583. The maximum atomic E-state index is 13.2. The number of carbonyl (C=O) groups excluding carboxylic acids is 2. The van der Waals surface area contributed by atoms with Crippen LogP contribution in [0, 0.1) is 23.7 Å². The summed E-state index contributed by atoms with van der Waals surface area (Å²) < 4.78 is 5.57. The molecule has 6 nitrogen and oxygen atoms in total. The first-order chi connectivity index (χ1) is 20.6. The van der Waals surface area contributed by atoms with Gasteiger partial charge in [-0.1, -0.05) is 43.4 Å². The second-order valence-electron chi connectivity index (χ2n) is 13.4. The predicted molar refractivity (Wildman–Crippen MR) is 164 cm³/mol. The summed E-state index contributed by atoms with van der Waals surface area (Å²) >= 11 is 0. The molecule has 2 saturated heterocycles. The quantitative estimate of drug-likeness (QED) is 0.411. The van der Waals surface area contributed by atoms with Crippen molar-refractivity contribution >= 4 is 17.4 Å². The smallest absolute Gasteiger partial charge is 0.233 e. The van der Waals surface area contributed by atoms with Gasteiger partial charge < -0.3 is 9.64 Å². The monoisotopic (exact) mass is 567 g/mol. The molecule has 222 valence electrons. The van der Waals surface area contributed by atoms with Gasteiger partial charge in [0.15, 0.2) is 0 Å². The average molecular weight is 568 g/mol. The predicted octanol–water partition coefficient (Wildman–Crippen LogP) is 6.07. The molecule has 3 heterocycles. The molecule has 1 aromatic heterocycles. The summed E-state index contributed by atoms with van der Waals surface area (Å²) in [6, 6.07) is 10.9. The van der Waals surface area contributed by atoms with Gasteiger partial charge in [-0.2, -0.15) is 0 Å². The molecule has 4 fully saturated rings. The largest absolute Gasteiger partial charge is 0.497 e. The van der Waals surface area contributed by atoms with Crippen LogP contribution in [-0.4, -0.2) is 59.9 Å². The summed E-state index contributed by atoms with van der Waals surface area (Å²) in [4.78, 5) is 35.7. The number of fused-ring (bicyclic) bond motifs is 3. The molecule has 1 aromatic carbocycles. The zero-order valence-corrected chi connectivity index (χ0v) is 25.2. The lowest BCUT2D eigenvalue weighted by molar-refractivity contribution is -0.141. The number of piperidine rings is 1. The Morgan fingerprint density at radius 3 is 2.19 bits per heavy atom. The van der Waals surface area contributed by atoms with E-state index in [4.69, 9.17) is 9.72 Å². The number of methoxy groups -OCH3 is 1. The lowest BCUT2D eigenvalue weighted by Crippen LogP contribution is -2.43. The van der Waals surface area contributed by atoms with Crippen LogP contribution in [0.2, 0.25) is 0 Å². The highest BCUT2D eigenvalue weighted by atomic mass is 16.5. The fourth-order valence-corrected chi connectivity index (χ4v) is 8.77. The van der Waals surface area contributed by atoms with Crippen molar-refractivity contribution in [3.05, 3.63) is 64.5 Å². The molecule has 2 saturated carbocycles. The first-order valence-corrected chi connectivity index (χ1v) is 16.5. The van der Waals surface area contributed by atoms with Gasteiger partial charge >= 0.3 is 0 Å². The van der Waals surface area contributed by atoms with Crippen LogP contribution in [0.1, 0.15) is 86.6 Å². The zero-order chi connectivity index (χ0) is 28.6. The van der Waals surface area contributed by atoms with Crippen molar-refractivity contribution in [2.75, 3.05) is 33.3 Å². The van der Waals surface area contributed by atoms with Gasteiger partial charge in [-0.25, -0.2) is 0 Å². The fourth-order valence-electron chi connectivity index (χ4n) is 8.77. The lowest BCUT2D eigenvalue weighted by Gasteiger charge is -2.39. The number of pyridine rings is 1. The number of nitrogens with zero attached hydrogens (tertiary/aromatic N) is 3. The number of hydrogen-bond donors (Lipinski definition) is 0. The van der Waals surface area contributed by atoms with Crippen molar-refractivity contribution in [3.63, 3.8) is 0 Å². The van der Waals surface area contributed by atoms with Crippen LogP contribution in [0.4, 0.5) is 0 Å². The number of ether oxygens (including phenoxy) is 1. The van der Waals surface area contributed by atoms with Crippen LogP contribution < -0.4 is 4.74 Å². The normalized spacial score (nSPS) is 28.3. The molecule has 0 radical (unpaired) electrons. The number of benzene rings is 1. The summed E-state index contributed by atoms with van der Waals surface area (Å²) in [5.41, 5.74) is 8.06. The molecule has 7 rings (SSSR count). The van der Waals surface area contributed by atoms with Gasteiger partial charge in [-0.15, -0.1) is 0 Å². The summed E-state index contributed by atoms with van der Waals surface area (Å²) in [6.07, 6.45) is 14.9. The lowest BCUT2D eigenvalue weighted by atomic mass is 9.78. The van der Waals surface area contributed by atoms with Gasteiger partial charge in [0.25, 0.3) is 0 Å². The highest BCUT2D eigenvalue weighted by Crippen LogP contribution is 2.42. The molecular formula is C36H45N3O3. The van der Waals surface area contributed by atoms with E-state index >= 15 is 0 Å². The number of amides is 2. The molecule has 0 spiro atoms. The van der Waals surface area contributed by atoms with E-state index in [2.05, 4.69) is 35.2 Å². The van der Waals surface area contributed by atoms with Gasteiger partial charge in [0.2, 0.25) is 11.8 Å². The molecule has 2 aromatic rings. The second-order valence-corrected chi connectivity index (χ2v) is 13.4. The minimum atomic E-state index is -0.0309. The van der Waals surface area contributed by atoms with Gasteiger partial charge in [0, 0.05) is 37.9 Å². The molecule has 2 unspecified atom stereocenters. The van der Waals surface area contributed by atoms with Crippen LogP contribution >= 0.6 is 0 Å². The Morgan fingerprint density at radius 1 is 0.810 bits per heavy atom. The Bertz CT molecular complexity index is 1350. The molecule has 0 bridgehead atoms. The van der Waals surface area contributed by atoms with Gasteiger partial charge in [-0.05, 0) is 98.1 Å². The highest BCUT2D eigenvalue weighted by Gasteiger charge is 2.49. The van der Waals surface area contributed by atoms with E-state index in [0.29, 0.717) is 18.4 Å². The summed E-state index contributed by atoms with van der Waals surface area (Å²) in [5, 5.41) is 0. The second kappa shape index (κ2) is 11.9. The number of aromatic nitrogens is 1. The molecule has 0 N–H and O–H groups in total. The number of imide groups is 1. The molecular weight excluding hydrogens is 522 g/mol. The van der Waals surface area contributed by atoms with E-state index in [1.807, 2.05) is 6.20 Å². The zero-order valence-electron chi connectivity index (χ0n) is 25.2.